The predicted molar refractivity (Wildman–Crippen MR) is 83.9 cm³/mol. The van der Waals surface area contributed by atoms with E-state index in [0.717, 1.165) is 23.9 Å². The lowest BCUT2D eigenvalue weighted by Gasteiger charge is -2.06. The third-order valence-corrected chi connectivity index (χ3v) is 4.58. The van der Waals surface area contributed by atoms with Crippen LogP contribution >= 0.6 is 23.1 Å². The summed E-state index contributed by atoms with van der Waals surface area (Å²) < 4.78 is 0. The van der Waals surface area contributed by atoms with Crippen LogP contribution in [0.3, 0.4) is 0 Å². The van der Waals surface area contributed by atoms with Crippen molar-refractivity contribution in [3.05, 3.63) is 45.8 Å². The topological polar surface area (TPSA) is 45.1 Å². The first-order valence-electron chi connectivity index (χ1n) is 6.20. The second kappa shape index (κ2) is 7.53. The molecule has 0 saturated carbocycles. The molecule has 2 heterocycles. The van der Waals surface area contributed by atoms with Crippen LogP contribution in [0.4, 0.5) is 5.82 Å². The largest absolute Gasteiger partial charge is 0.396 e. The van der Waals surface area contributed by atoms with Gasteiger partial charge < -0.3 is 10.4 Å². The van der Waals surface area contributed by atoms with Gasteiger partial charge in [0.25, 0.3) is 0 Å². The van der Waals surface area contributed by atoms with Gasteiger partial charge >= 0.3 is 0 Å². The summed E-state index contributed by atoms with van der Waals surface area (Å²) in [6.45, 7) is 3.17. The summed E-state index contributed by atoms with van der Waals surface area (Å²) in [5, 5.41) is 12.1. The Bertz CT molecular complexity index is 514. The number of anilines is 1. The number of nitrogens with zero attached hydrogens (tertiary/aromatic N) is 1. The fraction of sp³-hybridized carbons (Fsp3) is 0.357. The Labute approximate surface area is 122 Å². The summed E-state index contributed by atoms with van der Waals surface area (Å²) in [5.41, 5.74) is 1.23. The number of thioether (sulfide) groups is 1. The normalized spacial score (nSPS) is 10.6. The molecule has 0 bridgehead atoms. The van der Waals surface area contributed by atoms with E-state index >= 15 is 0 Å². The van der Waals surface area contributed by atoms with Crippen molar-refractivity contribution in [3.8, 4) is 0 Å². The van der Waals surface area contributed by atoms with Crippen molar-refractivity contribution in [1.29, 1.82) is 0 Å². The van der Waals surface area contributed by atoms with Crippen LogP contribution in [0.2, 0.25) is 0 Å². The number of nitrogens with one attached hydrogen (secondary N) is 1. The lowest BCUT2D eigenvalue weighted by Crippen LogP contribution is -2.00. The molecular formula is C14H18N2OS2. The Morgan fingerprint density at radius 1 is 1.37 bits per heavy atom. The molecule has 0 aliphatic rings. The quantitative estimate of drug-likeness (QED) is 0.769. The van der Waals surface area contributed by atoms with E-state index in [-0.39, 0.29) is 6.61 Å². The smallest absolute Gasteiger partial charge is 0.126 e. The van der Waals surface area contributed by atoms with Gasteiger partial charge in [-0.3, -0.25) is 0 Å². The van der Waals surface area contributed by atoms with Gasteiger partial charge in [-0.2, -0.15) is 11.8 Å². The minimum absolute atomic E-state index is 0.235. The summed E-state index contributed by atoms with van der Waals surface area (Å²) in [5.74, 6) is 2.60. The van der Waals surface area contributed by atoms with E-state index in [9.17, 15) is 0 Å². The second-order valence-electron chi connectivity index (χ2n) is 4.19. The van der Waals surface area contributed by atoms with Gasteiger partial charge in [-0.25, -0.2) is 4.98 Å². The second-order valence-corrected chi connectivity index (χ2v) is 6.67. The van der Waals surface area contributed by atoms with Crippen LogP contribution in [0.15, 0.2) is 30.5 Å². The molecule has 0 spiro atoms. The van der Waals surface area contributed by atoms with E-state index in [1.165, 1.54) is 15.3 Å². The molecule has 2 aromatic rings. The Morgan fingerprint density at radius 3 is 3.00 bits per heavy atom. The summed E-state index contributed by atoms with van der Waals surface area (Å²) >= 11 is 3.54. The summed E-state index contributed by atoms with van der Waals surface area (Å²) in [7, 11) is 0. The average Bonchev–Trinajstić information content (AvgIpc) is 2.83. The van der Waals surface area contributed by atoms with E-state index in [2.05, 4.69) is 35.4 Å². The zero-order valence-corrected chi connectivity index (χ0v) is 12.6. The van der Waals surface area contributed by atoms with Crippen LogP contribution in [0.5, 0.6) is 0 Å². The number of hydrogen-bond donors (Lipinski definition) is 2. The average molecular weight is 294 g/mol. The van der Waals surface area contributed by atoms with Gasteiger partial charge in [-0.15, -0.1) is 11.3 Å². The number of aromatic nitrogens is 1. The molecule has 0 fully saturated rings. The van der Waals surface area contributed by atoms with Crippen LogP contribution in [0.25, 0.3) is 0 Å². The van der Waals surface area contributed by atoms with Crippen molar-refractivity contribution in [2.75, 3.05) is 17.7 Å². The van der Waals surface area contributed by atoms with Crippen LogP contribution < -0.4 is 5.32 Å². The number of aliphatic hydroxyl groups excluding tert-OH is 1. The number of rotatable bonds is 7. The van der Waals surface area contributed by atoms with E-state index < -0.39 is 0 Å². The fourth-order valence-electron chi connectivity index (χ4n) is 1.67. The summed E-state index contributed by atoms with van der Waals surface area (Å²) in [4.78, 5) is 6.98. The highest BCUT2D eigenvalue weighted by Gasteiger charge is 2.00. The lowest BCUT2D eigenvalue weighted by molar-refractivity contribution is 0.322. The first-order valence-corrected chi connectivity index (χ1v) is 8.18. The molecule has 0 aliphatic heterocycles. The van der Waals surface area contributed by atoms with Crippen molar-refractivity contribution < 1.29 is 5.11 Å². The van der Waals surface area contributed by atoms with Gasteiger partial charge in [0.2, 0.25) is 0 Å². The molecule has 0 amide bonds. The highest BCUT2D eigenvalue weighted by atomic mass is 32.2. The number of thiophene rings is 1. The molecule has 3 nitrogen and oxygen atoms in total. The van der Waals surface area contributed by atoms with Crippen molar-refractivity contribution in [2.45, 2.75) is 19.2 Å². The SMILES string of the molecule is Cc1ccc(CNc2cc(CSCCO)ccn2)s1. The van der Waals surface area contributed by atoms with Gasteiger partial charge in [0.05, 0.1) is 13.2 Å². The first-order chi connectivity index (χ1) is 9.28. The molecule has 0 saturated heterocycles. The van der Waals surface area contributed by atoms with E-state index in [0.29, 0.717) is 0 Å². The molecule has 2 N–H and O–H groups in total. The molecule has 0 aromatic carbocycles. The van der Waals surface area contributed by atoms with E-state index in [1.807, 2.05) is 12.3 Å². The van der Waals surface area contributed by atoms with E-state index in [4.69, 9.17) is 5.11 Å². The zero-order chi connectivity index (χ0) is 13.5. The molecule has 0 unspecified atom stereocenters. The predicted octanol–water partition coefficient (Wildman–Crippen LogP) is 3.29. The Kier molecular flexibility index (Phi) is 5.69. The zero-order valence-electron chi connectivity index (χ0n) is 10.9. The van der Waals surface area contributed by atoms with Crippen LogP contribution in [-0.4, -0.2) is 22.5 Å². The van der Waals surface area contributed by atoms with Crippen molar-refractivity contribution in [3.63, 3.8) is 0 Å². The van der Waals surface area contributed by atoms with Crippen LogP contribution in [0.1, 0.15) is 15.3 Å². The molecule has 0 atom stereocenters. The maximum Gasteiger partial charge on any atom is 0.126 e. The number of hydrogen-bond acceptors (Lipinski definition) is 5. The highest BCUT2D eigenvalue weighted by molar-refractivity contribution is 7.98. The third kappa shape index (κ3) is 4.86. The monoisotopic (exact) mass is 294 g/mol. The maximum absolute atomic E-state index is 8.77. The first kappa shape index (κ1) is 14.4. The molecule has 5 heteroatoms. The van der Waals surface area contributed by atoms with Crippen molar-refractivity contribution in [1.82, 2.24) is 4.98 Å². The Morgan fingerprint density at radius 2 is 2.26 bits per heavy atom. The van der Waals surface area contributed by atoms with Gasteiger partial charge in [0.1, 0.15) is 5.82 Å². The fourth-order valence-corrected chi connectivity index (χ4v) is 3.19. The lowest BCUT2D eigenvalue weighted by atomic mass is 10.3. The molecular weight excluding hydrogens is 276 g/mol. The van der Waals surface area contributed by atoms with Crippen LogP contribution in [-0.2, 0) is 12.3 Å². The summed E-state index contributed by atoms with van der Waals surface area (Å²) in [6.07, 6.45) is 1.83. The Balaban J connectivity index is 1.87. The molecule has 0 radical (unpaired) electrons. The summed E-state index contributed by atoms with van der Waals surface area (Å²) in [6, 6.07) is 8.38. The van der Waals surface area contributed by atoms with Gasteiger partial charge in [0.15, 0.2) is 0 Å². The minimum Gasteiger partial charge on any atom is -0.396 e. The molecule has 19 heavy (non-hydrogen) atoms. The van der Waals surface area contributed by atoms with Gasteiger partial charge in [-0.1, -0.05) is 0 Å². The van der Waals surface area contributed by atoms with Gasteiger partial charge in [-0.05, 0) is 36.8 Å². The third-order valence-electron chi connectivity index (χ3n) is 2.57. The highest BCUT2D eigenvalue weighted by Crippen LogP contribution is 2.18. The van der Waals surface area contributed by atoms with Crippen molar-refractivity contribution >= 4 is 28.9 Å². The van der Waals surface area contributed by atoms with E-state index in [1.54, 1.807) is 23.1 Å². The molecule has 102 valence electrons. The molecule has 2 rings (SSSR count). The molecule has 0 aliphatic carbocycles. The maximum atomic E-state index is 8.77. The van der Waals surface area contributed by atoms with Crippen molar-refractivity contribution in [2.24, 2.45) is 0 Å². The Hall–Kier alpha value is -1.04. The minimum atomic E-state index is 0.235. The number of aliphatic hydroxyl groups is 1. The van der Waals surface area contributed by atoms with Gasteiger partial charge in [0, 0.05) is 27.5 Å². The number of pyridine rings is 1. The molecule has 2 aromatic heterocycles. The standard InChI is InChI=1S/C14H18N2OS2/c1-11-2-3-13(19-11)9-16-14-8-12(4-5-15-14)10-18-7-6-17/h2-5,8,17H,6-7,9-10H2,1H3,(H,15,16). The van der Waals surface area contributed by atoms with Crippen LogP contribution in [0, 0.1) is 6.92 Å². The number of aryl methyl sites for hydroxylation is 1.